The van der Waals surface area contributed by atoms with Gasteiger partial charge >= 0.3 is 5.97 Å². The molecule has 0 fully saturated rings. The molecule has 0 aliphatic rings. The maximum atomic E-state index is 11.9. The first kappa shape index (κ1) is 15.5. The van der Waals surface area contributed by atoms with Gasteiger partial charge in [0, 0.05) is 0 Å². The first-order valence-corrected chi connectivity index (χ1v) is 7.14. The molecule has 104 valence electrons. The molecule has 1 aromatic carbocycles. The monoisotopic (exact) mass is 260 g/mol. The van der Waals surface area contributed by atoms with Crippen molar-refractivity contribution in [1.29, 1.82) is 0 Å². The van der Waals surface area contributed by atoms with E-state index in [1.54, 1.807) is 0 Å². The van der Waals surface area contributed by atoms with Crippen LogP contribution < -0.4 is 0 Å². The van der Waals surface area contributed by atoms with Crippen molar-refractivity contribution in [2.24, 2.45) is 0 Å². The van der Waals surface area contributed by atoms with Crippen LogP contribution in [0.4, 0.5) is 0 Å². The fraction of sp³-hybridized carbons (Fsp3) is 0.471. The molecule has 1 rings (SSSR count). The minimum atomic E-state index is -0.237. The van der Waals surface area contributed by atoms with Gasteiger partial charge in [0.25, 0.3) is 0 Å². The summed E-state index contributed by atoms with van der Waals surface area (Å²) in [4.78, 5) is 11.9. The molecular formula is C17H24O2. The third kappa shape index (κ3) is 4.90. The van der Waals surface area contributed by atoms with Gasteiger partial charge in [-0.15, -0.1) is 0 Å². The second-order valence-electron chi connectivity index (χ2n) is 4.65. The smallest absolute Gasteiger partial charge is 0.338 e. The summed E-state index contributed by atoms with van der Waals surface area (Å²) in [6, 6.07) is 7.65. The number of allylic oxidation sites excluding steroid dienone is 2. The van der Waals surface area contributed by atoms with Gasteiger partial charge in [0.15, 0.2) is 0 Å². The van der Waals surface area contributed by atoms with Gasteiger partial charge in [0.2, 0.25) is 0 Å². The van der Waals surface area contributed by atoms with Gasteiger partial charge < -0.3 is 4.74 Å². The number of benzene rings is 1. The Morgan fingerprint density at radius 3 is 2.47 bits per heavy atom. The molecule has 2 heteroatoms. The van der Waals surface area contributed by atoms with E-state index in [1.807, 2.05) is 31.2 Å². The van der Waals surface area contributed by atoms with Crippen LogP contribution in [0.3, 0.4) is 0 Å². The fourth-order valence-electron chi connectivity index (χ4n) is 2.04. The van der Waals surface area contributed by atoms with Crippen LogP contribution in [0.25, 0.3) is 5.57 Å². The summed E-state index contributed by atoms with van der Waals surface area (Å²) in [7, 11) is 0. The minimum absolute atomic E-state index is 0.237. The molecule has 0 saturated carbocycles. The Labute approximate surface area is 116 Å². The molecule has 0 unspecified atom stereocenters. The van der Waals surface area contributed by atoms with E-state index in [4.69, 9.17) is 4.74 Å². The normalized spacial score (nSPS) is 11.4. The van der Waals surface area contributed by atoms with Crippen molar-refractivity contribution in [2.75, 3.05) is 6.61 Å². The zero-order chi connectivity index (χ0) is 14.1. The van der Waals surface area contributed by atoms with Gasteiger partial charge in [-0.1, -0.05) is 44.0 Å². The third-order valence-corrected chi connectivity index (χ3v) is 3.11. The van der Waals surface area contributed by atoms with E-state index >= 15 is 0 Å². The van der Waals surface area contributed by atoms with E-state index < -0.39 is 0 Å². The zero-order valence-corrected chi connectivity index (χ0v) is 12.2. The van der Waals surface area contributed by atoms with Crippen LogP contribution in [0.1, 0.15) is 62.4 Å². The Morgan fingerprint density at radius 1 is 1.16 bits per heavy atom. The van der Waals surface area contributed by atoms with Crippen LogP contribution in [0.15, 0.2) is 30.3 Å². The summed E-state index contributed by atoms with van der Waals surface area (Å²) >= 11 is 0. The highest BCUT2D eigenvalue weighted by Gasteiger charge is 2.12. The van der Waals surface area contributed by atoms with Crippen molar-refractivity contribution in [2.45, 2.75) is 46.5 Å². The highest BCUT2D eigenvalue weighted by molar-refractivity contribution is 5.95. The Bertz CT molecular complexity index is 433. The molecule has 0 aromatic heterocycles. The molecule has 0 atom stereocenters. The Hall–Kier alpha value is -1.57. The maximum Gasteiger partial charge on any atom is 0.338 e. The summed E-state index contributed by atoms with van der Waals surface area (Å²) in [5, 5.41) is 0. The van der Waals surface area contributed by atoms with E-state index in [0.29, 0.717) is 12.2 Å². The molecule has 0 spiro atoms. The second-order valence-corrected chi connectivity index (χ2v) is 4.65. The number of carbonyl (C=O) groups excluding carboxylic acids is 1. The van der Waals surface area contributed by atoms with Crippen LogP contribution in [0.5, 0.6) is 0 Å². The van der Waals surface area contributed by atoms with E-state index in [2.05, 4.69) is 19.9 Å². The highest BCUT2D eigenvalue weighted by atomic mass is 16.5. The van der Waals surface area contributed by atoms with Crippen LogP contribution >= 0.6 is 0 Å². The summed E-state index contributed by atoms with van der Waals surface area (Å²) in [6.45, 7) is 6.50. The molecular weight excluding hydrogens is 236 g/mol. The third-order valence-electron chi connectivity index (χ3n) is 3.11. The first-order valence-electron chi connectivity index (χ1n) is 7.14. The lowest BCUT2D eigenvalue weighted by Crippen LogP contribution is -2.07. The SMILES string of the molecule is CCCCCC=C(C)c1ccccc1C(=O)OCC. The van der Waals surface area contributed by atoms with Crippen LogP contribution in [-0.2, 0) is 4.74 Å². The second kappa shape index (κ2) is 8.52. The average Bonchev–Trinajstić information content (AvgIpc) is 2.43. The average molecular weight is 260 g/mol. The standard InChI is InChI=1S/C17H24O2/c1-4-6-7-8-11-14(3)15-12-9-10-13-16(15)17(18)19-5-2/h9-13H,4-8H2,1-3H3. The molecule has 0 bridgehead atoms. The highest BCUT2D eigenvalue weighted by Crippen LogP contribution is 2.20. The number of esters is 1. The molecule has 0 N–H and O–H groups in total. The first-order chi connectivity index (χ1) is 9.20. The van der Waals surface area contributed by atoms with Crippen molar-refractivity contribution in [3.8, 4) is 0 Å². The lowest BCUT2D eigenvalue weighted by molar-refractivity contribution is 0.0526. The predicted octanol–water partition coefficient (Wildman–Crippen LogP) is 4.85. The van der Waals surface area contributed by atoms with Gasteiger partial charge in [0.1, 0.15) is 0 Å². The Balaban J connectivity index is 2.84. The number of unbranched alkanes of at least 4 members (excludes halogenated alkanes) is 3. The molecule has 1 aromatic rings. The molecule has 0 saturated heterocycles. The Kier molecular flexibility index (Phi) is 6.94. The number of carbonyl (C=O) groups is 1. The van der Waals surface area contributed by atoms with Crippen LogP contribution in [0.2, 0.25) is 0 Å². The lowest BCUT2D eigenvalue weighted by atomic mass is 9.99. The largest absolute Gasteiger partial charge is 0.462 e. The molecule has 0 heterocycles. The van der Waals surface area contributed by atoms with Gasteiger partial charge in [0.05, 0.1) is 12.2 Å². The van der Waals surface area contributed by atoms with Crippen molar-refractivity contribution in [3.63, 3.8) is 0 Å². The van der Waals surface area contributed by atoms with E-state index in [9.17, 15) is 4.79 Å². The van der Waals surface area contributed by atoms with Crippen molar-refractivity contribution in [1.82, 2.24) is 0 Å². The number of hydrogen-bond donors (Lipinski definition) is 0. The summed E-state index contributed by atoms with van der Waals surface area (Å²) in [6.07, 6.45) is 6.97. The van der Waals surface area contributed by atoms with Gasteiger partial charge in [-0.3, -0.25) is 0 Å². The molecule has 2 nitrogen and oxygen atoms in total. The quantitative estimate of drug-likeness (QED) is 0.517. The molecule has 19 heavy (non-hydrogen) atoms. The van der Waals surface area contributed by atoms with E-state index in [0.717, 1.165) is 17.6 Å². The lowest BCUT2D eigenvalue weighted by Gasteiger charge is -2.09. The molecule has 0 aliphatic heterocycles. The van der Waals surface area contributed by atoms with E-state index in [-0.39, 0.29) is 5.97 Å². The summed E-state index contributed by atoms with van der Waals surface area (Å²) in [5.74, 6) is -0.237. The van der Waals surface area contributed by atoms with Crippen LogP contribution in [-0.4, -0.2) is 12.6 Å². The zero-order valence-electron chi connectivity index (χ0n) is 12.2. The Morgan fingerprint density at radius 2 is 1.84 bits per heavy atom. The van der Waals surface area contributed by atoms with Gasteiger partial charge in [-0.25, -0.2) is 4.79 Å². The van der Waals surface area contributed by atoms with Crippen LogP contribution in [0, 0.1) is 0 Å². The number of ether oxygens (including phenoxy) is 1. The maximum absolute atomic E-state index is 11.9. The fourth-order valence-corrected chi connectivity index (χ4v) is 2.04. The van der Waals surface area contributed by atoms with E-state index in [1.165, 1.54) is 19.3 Å². The predicted molar refractivity (Wildman–Crippen MR) is 80.2 cm³/mol. The number of rotatable bonds is 7. The topological polar surface area (TPSA) is 26.3 Å². The van der Waals surface area contributed by atoms with Crippen molar-refractivity contribution >= 4 is 11.5 Å². The van der Waals surface area contributed by atoms with Crippen molar-refractivity contribution < 1.29 is 9.53 Å². The van der Waals surface area contributed by atoms with Crippen molar-refractivity contribution in [3.05, 3.63) is 41.5 Å². The molecule has 0 radical (unpaired) electrons. The molecule has 0 amide bonds. The van der Waals surface area contributed by atoms with Gasteiger partial charge in [-0.2, -0.15) is 0 Å². The minimum Gasteiger partial charge on any atom is -0.462 e. The van der Waals surface area contributed by atoms with Gasteiger partial charge in [-0.05, 0) is 43.9 Å². The molecule has 0 aliphatic carbocycles. The number of hydrogen-bond acceptors (Lipinski definition) is 2. The summed E-state index contributed by atoms with van der Waals surface area (Å²) < 4.78 is 5.10. The summed E-state index contributed by atoms with van der Waals surface area (Å²) in [5.41, 5.74) is 2.80.